The van der Waals surface area contributed by atoms with E-state index < -0.39 is 17.7 Å². The molecule has 1 unspecified atom stereocenters. The summed E-state index contributed by atoms with van der Waals surface area (Å²) < 4.78 is 11.2. The molecule has 0 aliphatic carbocycles. The number of furan rings is 1. The number of aliphatic hydroxyl groups is 1. The Morgan fingerprint density at radius 3 is 2.80 bits per heavy atom. The number of hydrogen-bond acceptors (Lipinski definition) is 6. The third-order valence-corrected chi connectivity index (χ3v) is 5.68. The van der Waals surface area contributed by atoms with Crippen LogP contribution in [0.15, 0.2) is 46.6 Å². The Balaban J connectivity index is 1.78. The van der Waals surface area contributed by atoms with E-state index in [-0.39, 0.29) is 11.3 Å². The van der Waals surface area contributed by atoms with Crippen LogP contribution in [0, 0.1) is 0 Å². The van der Waals surface area contributed by atoms with Crippen LogP contribution in [-0.2, 0) is 9.59 Å². The standard InChI is InChI=1S/C23H26N2O5/c1-3-4-5-10-25-20(18-7-6-12-29-18)19(22(27)23(25)28)21(26)15-8-9-17-16(14-15)24(2)11-13-30-17/h6-9,12,14,20,26H,3-5,10-11,13H2,1-2H3/b21-19-. The number of likely N-dealkylation sites (tertiary alicyclic amines) is 1. The summed E-state index contributed by atoms with van der Waals surface area (Å²) in [7, 11) is 1.95. The van der Waals surface area contributed by atoms with Gasteiger partial charge in [-0.15, -0.1) is 0 Å². The molecule has 1 N–H and O–H groups in total. The summed E-state index contributed by atoms with van der Waals surface area (Å²) in [6.07, 6.45) is 4.24. The summed E-state index contributed by atoms with van der Waals surface area (Å²) in [5.74, 6) is -0.303. The van der Waals surface area contributed by atoms with Crippen LogP contribution < -0.4 is 9.64 Å². The van der Waals surface area contributed by atoms with E-state index in [0.717, 1.165) is 37.2 Å². The molecule has 0 radical (unpaired) electrons. The molecule has 30 heavy (non-hydrogen) atoms. The summed E-state index contributed by atoms with van der Waals surface area (Å²) >= 11 is 0. The van der Waals surface area contributed by atoms with Crippen LogP contribution >= 0.6 is 0 Å². The molecule has 2 aromatic rings. The fraction of sp³-hybridized carbons (Fsp3) is 0.391. The number of hydrogen-bond donors (Lipinski definition) is 1. The number of ketones is 1. The molecule has 2 aliphatic heterocycles. The van der Waals surface area contributed by atoms with Crippen LogP contribution in [0.4, 0.5) is 5.69 Å². The number of unbranched alkanes of at least 4 members (excludes halogenated alkanes) is 2. The van der Waals surface area contributed by atoms with E-state index in [1.165, 1.54) is 11.2 Å². The van der Waals surface area contributed by atoms with Crippen molar-refractivity contribution >= 4 is 23.1 Å². The Morgan fingerprint density at radius 1 is 1.23 bits per heavy atom. The van der Waals surface area contributed by atoms with E-state index in [1.807, 2.05) is 11.9 Å². The Labute approximate surface area is 175 Å². The third kappa shape index (κ3) is 3.44. The van der Waals surface area contributed by atoms with Crippen LogP contribution in [0.2, 0.25) is 0 Å². The number of carbonyl (C=O) groups is 2. The van der Waals surface area contributed by atoms with Gasteiger partial charge in [0.1, 0.15) is 29.9 Å². The molecule has 4 rings (SSSR count). The number of Topliss-reactive ketones (excluding diaryl/α,β-unsaturated/α-hetero) is 1. The number of anilines is 1. The number of benzene rings is 1. The quantitative estimate of drug-likeness (QED) is 0.338. The maximum atomic E-state index is 12.9. The summed E-state index contributed by atoms with van der Waals surface area (Å²) in [5.41, 5.74) is 1.36. The average molecular weight is 410 g/mol. The number of ether oxygens (including phenoxy) is 1. The number of amides is 1. The minimum absolute atomic E-state index is 0.0609. The lowest BCUT2D eigenvalue weighted by Crippen LogP contribution is -2.30. The minimum atomic E-state index is -0.734. The average Bonchev–Trinajstić information content (AvgIpc) is 3.36. The van der Waals surface area contributed by atoms with E-state index in [1.54, 1.807) is 30.3 Å². The molecule has 1 atom stereocenters. The first kappa shape index (κ1) is 20.1. The van der Waals surface area contributed by atoms with Gasteiger partial charge in [-0.2, -0.15) is 0 Å². The fourth-order valence-electron chi connectivity index (χ4n) is 4.04. The molecule has 2 aliphatic rings. The number of aliphatic hydroxyl groups excluding tert-OH is 1. The summed E-state index contributed by atoms with van der Waals surface area (Å²) in [5, 5.41) is 11.1. The van der Waals surface area contributed by atoms with Gasteiger partial charge >= 0.3 is 0 Å². The molecule has 0 bridgehead atoms. The van der Waals surface area contributed by atoms with Gasteiger partial charge in [-0.1, -0.05) is 19.8 Å². The van der Waals surface area contributed by atoms with Crippen LogP contribution in [0.3, 0.4) is 0 Å². The van der Waals surface area contributed by atoms with Gasteiger partial charge in [0.25, 0.3) is 11.7 Å². The Kier molecular flexibility index (Phi) is 5.53. The van der Waals surface area contributed by atoms with Crippen molar-refractivity contribution in [2.75, 3.05) is 31.6 Å². The SMILES string of the molecule is CCCCCN1C(=O)C(=O)/C(=C(\O)c2ccc3c(c2)N(C)CCO3)C1c1ccco1. The molecular formula is C23H26N2O5. The number of nitrogens with zero attached hydrogens (tertiary/aromatic N) is 2. The number of rotatable bonds is 6. The second kappa shape index (κ2) is 8.26. The maximum Gasteiger partial charge on any atom is 0.295 e. The molecular weight excluding hydrogens is 384 g/mol. The first-order valence-electron chi connectivity index (χ1n) is 10.3. The maximum absolute atomic E-state index is 12.9. The van der Waals surface area contributed by atoms with Crippen LogP contribution in [0.5, 0.6) is 5.75 Å². The van der Waals surface area contributed by atoms with Crippen molar-refractivity contribution in [3.05, 3.63) is 53.5 Å². The van der Waals surface area contributed by atoms with E-state index in [4.69, 9.17) is 9.15 Å². The second-order valence-electron chi connectivity index (χ2n) is 7.67. The normalized spacial score (nSPS) is 20.4. The van der Waals surface area contributed by atoms with Crippen molar-refractivity contribution in [2.24, 2.45) is 0 Å². The van der Waals surface area contributed by atoms with Crippen LogP contribution in [-0.4, -0.2) is 48.4 Å². The molecule has 3 heterocycles. The highest BCUT2D eigenvalue weighted by Crippen LogP contribution is 2.41. The van der Waals surface area contributed by atoms with E-state index in [2.05, 4.69) is 6.92 Å². The summed E-state index contributed by atoms with van der Waals surface area (Å²) in [4.78, 5) is 29.3. The molecule has 7 heteroatoms. The highest BCUT2D eigenvalue weighted by molar-refractivity contribution is 6.46. The van der Waals surface area contributed by atoms with Gasteiger partial charge in [-0.05, 0) is 36.8 Å². The smallest absolute Gasteiger partial charge is 0.295 e. The first-order valence-corrected chi connectivity index (χ1v) is 10.3. The molecule has 1 saturated heterocycles. The van der Waals surface area contributed by atoms with Crippen molar-refractivity contribution in [1.82, 2.24) is 4.90 Å². The fourth-order valence-corrected chi connectivity index (χ4v) is 4.04. The van der Waals surface area contributed by atoms with Crippen molar-refractivity contribution in [1.29, 1.82) is 0 Å². The number of fused-ring (bicyclic) bond motifs is 1. The monoisotopic (exact) mass is 410 g/mol. The lowest BCUT2D eigenvalue weighted by Gasteiger charge is -2.28. The van der Waals surface area contributed by atoms with Gasteiger partial charge in [0.05, 0.1) is 24.1 Å². The molecule has 0 spiro atoms. The Morgan fingerprint density at radius 2 is 2.07 bits per heavy atom. The highest BCUT2D eigenvalue weighted by Gasteiger charge is 2.47. The molecule has 1 aromatic heterocycles. The lowest BCUT2D eigenvalue weighted by molar-refractivity contribution is -0.140. The van der Waals surface area contributed by atoms with Crippen LogP contribution in [0.1, 0.15) is 43.6 Å². The Hall–Kier alpha value is -3.22. The van der Waals surface area contributed by atoms with Gasteiger partial charge < -0.3 is 24.1 Å². The van der Waals surface area contributed by atoms with Crippen molar-refractivity contribution in [3.63, 3.8) is 0 Å². The minimum Gasteiger partial charge on any atom is -0.507 e. The zero-order valence-electron chi connectivity index (χ0n) is 17.3. The molecule has 158 valence electrons. The van der Waals surface area contributed by atoms with Gasteiger partial charge in [0, 0.05) is 19.2 Å². The summed E-state index contributed by atoms with van der Waals surface area (Å²) in [6.45, 7) is 3.83. The third-order valence-electron chi connectivity index (χ3n) is 5.68. The molecule has 1 amide bonds. The predicted molar refractivity (Wildman–Crippen MR) is 112 cm³/mol. The summed E-state index contributed by atoms with van der Waals surface area (Å²) in [6, 6.07) is 7.98. The van der Waals surface area contributed by atoms with E-state index >= 15 is 0 Å². The number of likely N-dealkylation sites (N-methyl/N-ethyl adjacent to an activating group) is 1. The molecule has 1 fully saturated rings. The van der Waals surface area contributed by atoms with E-state index in [9.17, 15) is 14.7 Å². The number of carbonyl (C=O) groups excluding carboxylic acids is 2. The zero-order valence-corrected chi connectivity index (χ0v) is 17.3. The topological polar surface area (TPSA) is 83.2 Å². The van der Waals surface area contributed by atoms with Crippen molar-refractivity contribution < 1.29 is 23.8 Å². The van der Waals surface area contributed by atoms with Gasteiger partial charge in [-0.25, -0.2) is 0 Å². The largest absolute Gasteiger partial charge is 0.507 e. The zero-order chi connectivity index (χ0) is 21.3. The molecule has 0 saturated carbocycles. The van der Waals surface area contributed by atoms with Crippen molar-refractivity contribution in [2.45, 2.75) is 32.2 Å². The van der Waals surface area contributed by atoms with Gasteiger partial charge in [0.15, 0.2) is 0 Å². The Bertz CT molecular complexity index is 979. The van der Waals surface area contributed by atoms with Gasteiger partial charge in [-0.3, -0.25) is 9.59 Å². The lowest BCUT2D eigenvalue weighted by atomic mass is 9.98. The van der Waals surface area contributed by atoms with Crippen molar-refractivity contribution in [3.8, 4) is 5.75 Å². The van der Waals surface area contributed by atoms with Crippen LogP contribution in [0.25, 0.3) is 5.76 Å². The second-order valence-corrected chi connectivity index (χ2v) is 7.67. The van der Waals surface area contributed by atoms with E-state index in [0.29, 0.717) is 24.5 Å². The predicted octanol–water partition coefficient (Wildman–Crippen LogP) is 3.72. The first-order chi connectivity index (χ1) is 14.5. The van der Waals surface area contributed by atoms with Gasteiger partial charge in [0.2, 0.25) is 0 Å². The molecule has 1 aromatic carbocycles. The highest BCUT2D eigenvalue weighted by atomic mass is 16.5. The molecule has 7 nitrogen and oxygen atoms in total.